The molecular formula is C59H72N9O20P. The van der Waals surface area contributed by atoms with E-state index >= 15 is 0 Å². The molecule has 2 saturated heterocycles. The van der Waals surface area contributed by atoms with Crippen LogP contribution < -0.4 is 31.6 Å². The van der Waals surface area contributed by atoms with Gasteiger partial charge in [-0.05, 0) is 47.9 Å². The average Bonchev–Trinajstić information content (AvgIpc) is 2.06. The van der Waals surface area contributed by atoms with Crippen LogP contribution in [0.3, 0.4) is 0 Å². The number of anilines is 1. The Morgan fingerprint density at radius 3 is 2.07 bits per heavy atom. The van der Waals surface area contributed by atoms with Gasteiger partial charge in [0.1, 0.15) is 28.8 Å². The van der Waals surface area contributed by atoms with E-state index < -0.39 is 104 Å². The van der Waals surface area contributed by atoms with Crippen LogP contribution in [0.1, 0.15) is 68.8 Å². The fourth-order valence-corrected chi connectivity index (χ4v) is 11.2. The lowest BCUT2D eigenvalue weighted by atomic mass is 9.79. The summed E-state index contributed by atoms with van der Waals surface area (Å²) in [4.78, 5) is 91.8. The van der Waals surface area contributed by atoms with E-state index in [-0.39, 0.29) is 95.0 Å². The van der Waals surface area contributed by atoms with Crippen molar-refractivity contribution in [3.8, 4) is 17.6 Å². The van der Waals surface area contributed by atoms with Gasteiger partial charge in [-0.3, -0.25) is 66.9 Å². The van der Waals surface area contributed by atoms with Crippen LogP contribution in [0, 0.1) is 24.2 Å². The number of rotatable bonds is 31. The molecule has 0 radical (unpaired) electrons. The number of phosphoric acid groups is 1. The van der Waals surface area contributed by atoms with Gasteiger partial charge in [0, 0.05) is 51.2 Å². The second-order valence-electron chi connectivity index (χ2n) is 21.1. The van der Waals surface area contributed by atoms with Crippen LogP contribution in [-0.2, 0) is 71.3 Å². The number of esters is 2. The summed E-state index contributed by atoms with van der Waals surface area (Å²) in [7, 11) is -1.41. The number of aliphatic hydroxyl groups is 1. The topological polar surface area (TPSA) is 357 Å². The van der Waals surface area contributed by atoms with Crippen LogP contribution in [-0.4, -0.2) is 174 Å². The van der Waals surface area contributed by atoms with Crippen molar-refractivity contribution in [1.82, 2.24) is 34.0 Å². The predicted molar refractivity (Wildman–Crippen MR) is 315 cm³/mol. The van der Waals surface area contributed by atoms with Crippen molar-refractivity contribution in [3.63, 3.8) is 0 Å². The summed E-state index contributed by atoms with van der Waals surface area (Å²) in [5.74, 6) is -1.51. The van der Waals surface area contributed by atoms with E-state index in [2.05, 4.69) is 25.3 Å². The number of aromatic nitrogens is 6. The highest BCUT2D eigenvalue weighted by atomic mass is 31.2. The molecule has 0 saturated carbocycles. The van der Waals surface area contributed by atoms with Gasteiger partial charge in [-0.1, -0.05) is 68.4 Å². The molecule has 5 heterocycles. The lowest BCUT2D eigenvalue weighted by molar-refractivity contribution is -0.231. The van der Waals surface area contributed by atoms with Crippen LogP contribution in [0.2, 0.25) is 0 Å². The molecule has 29 nitrogen and oxygen atoms in total. The quantitative estimate of drug-likeness (QED) is 0.0207. The number of morpholine rings is 1. The second-order valence-corrected chi connectivity index (χ2v) is 22.7. The Bertz CT molecular complexity index is 3600. The predicted octanol–water partition coefficient (Wildman–Crippen LogP) is 4.03. The Balaban J connectivity index is 0.916. The molecule has 2 fully saturated rings. The number of amides is 1. The number of nitrogens with one attached hydrogen (secondary N) is 3. The number of ether oxygens (including phenoxy) is 9. The maximum absolute atomic E-state index is 14.1. The number of H-pyrrole nitrogens is 2. The van der Waals surface area contributed by atoms with E-state index in [4.69, 9.17) is 56.2 Å². The molecule has 7 atom stereocenters. The number of methoxy groups -OCH3 is 2. The third-order valence-corrected chi connectivity index (χ3v) is 15.9. The fourth-order valence-electron chi connectivity index (χ4n) is 10.1. The minimum absolute atomic E-state index is 0.0302. The number of benzene rings is 3. The Kier molecular flexibility index (Phi) is 22.9. The molecule has 1 unspecified atom stereocenters. The molecule has 8 rings (SSSR count). The minimum Gasteiger partial charge on any atom is -0.497 e. The number of imidazole rings is 1. The van der Waals surface area contributed by atoms with Gasteiger partial charge >= 0.3 is 25.5 Å². The molecule has 0 bridgehead atoms. The summed E-state index contributed by atoms with van der Waals surface area (Å²) in [6.07, 6.45) is -4.21. The standard InChI is InChI=1S/C59H72N9O20P/c1-37(2)52(72)63-56-62-51-48(54(74)64-56)61-36-68(51)55-50(86-40(5)71)49(85-39(4)70)46(87-55)32-84-89(76,82-24-11-22-60)83-29-28-80-27-26-79-25-23-66-31-47(67-30-38(3)53(73)65-57(67)75)88-58(33-66,34-69)35-81-59(41-12-9-8-10-13-41,42-14-18-44(77-6)19-15-42)43-16-20-45(78-7)21-17-43/h8-10,12-21,30,36-37,46-47,49-50,55,69H,11,23-29,31-35H2,1-7H3,(H,65,73,75)(H2,62,63,64,72,74)/t46-,47-,49-,50-,55-,58-,89?/m1/s1. The van der Waals surface area contributed by atoms with Crippen LogP contribution in [0.5, 0.6) is 11.5 Å². The molecule has 2 aliphatic rings. The molecule has 4 N–H and O–H groups in total. The number of phosphoric ester groups is 1. The number of aliphatic hydroxyl groups excluding tert-OH is 1. The zero-order chi connectivity index (χ0) is 63.9. The van der Waals surface area contributed by atoms with E-state index in [0.717, 1.165) is 30.5 Å². The van der Waals surface area contributed by atoms with Crippen molar-refractivity contribution in [2.24, 2.45) is 5.92 Å². The van der Waals surface area contributed by atoms with Crippen LogP contribution in [0.25, 0.3) is 11.2 Å². The molecular weight excluding hydrogens is 1190 g/mol. The molecule has 0 spiro atoms. The molecule has 0 aliphatic carbocycles. The maximum atomic E-state index is 14.1. The average molecular weight is 1260 g/mol. The van der Waals surface area contributed by atoms with Crippen molar-refractivity contribution in [3.05, 3.63) is 145 Å². The zero-order valence-corrected chi connectivity index (χ0v) is 51.0. The van der Waals surface area contributed by atoms with Gasteiger partial charge in [0.15, 0.2) is 35.8 Å². The summed E-state index contributed by atoms with van der Waals surface area (Å²) >= 11 is 0. The molecule has 6 aromatic rings. The first-order valence-electron chi connectivity index (χ1n) is 28.4. The van der Waals surface area contributed by atoms with E-state index in [0.29, 0.717) is 11.5 Å². The molecule has 3 aromatic carbocycles. The second kappa shape index (κ2) is 30.5. The number of carbonyl (C=O) groups is 3. The van der Waals surface area contributed by atoms with Crippen LogP contribution >= 0.6 is 7.82 Å². The van der Waals surface area contributed by atoms with Gasteiger partial charge in [0.25, 0.3) is 11.1 Å². The summed E-state index contributed by atoms with van der Waals surface area (Å²) in [5.41, 5.74) is -2.56. The van der Waals surface area contributed by atoms with E-state index in [9.17, 15) is 43.7 Å². The first kappa shape index (κ1) is 67.0. The Morgan fingerprint density at radius 1 is 0.831 bits per heavy atom. The summed E-state index contributed by atoms with van der Waals surface area (Å²) < 4.78 is 87.6. The maximum Gasteiger partial charge on any atom is 0.474 e. The molecule has 1 amide bonds. The van der Waals surface area contributed by atoms with E-state index in [1.165, 1.54) is 21.7 Å². The van der Waals surface area contributed by atoms with Gasteiger partial charge in [0.2, 0.25) is 11.9 Å². The zero-order valence-electron chi connectivity index (χ0n) is 50.2. The van der Waals surface area contributed by atoms with Crippen molar-refractivity contribution >= 4 is 42.8 Å². The lowest BCUT2D eigenvalue weighted by Gasteiger charge is -2.47. The normalized spacial score (nSPS) is 20.2. The van der Waals surface area contributed by atoms with Crippen LogP contribution in [0.15, 0.2) is 106 Å². The monoisotopic (exact) mass is 1260 g/mol. The number of aromatic amines is 2. The lowest BCUT2D eigenvalue weighted by Crippen LogP contribution is -2.60. The molecule has 89 heavy (non-hydrogen) atoms. The highest BCUT2D eigenvalue weighted by Crippen LogP contribution is 2.51. The highest BCUT2D eigenvalue weighted by Gasteiger charge is 2.52. The first-order valence-corrected chi connectivity index (χ1v) is 29.9. The first-order chi connectivity index (χ1) is 42.7. The van der Waals surface area contributed by atoms with Crippen molar-refractivity contribution in [2.45, 2.75) is 83.0 Å². The van der Waals surface area contributed by atoms with Crippen molar-refractivity contribution in [2.75, 3.05) is 98.6 Å². The number of nitriles is 1. The number of aryl methyl sites for hydroxylation is 1. The number of nitrogens with zero attached hydrogens (tertiary/aromatic N) is 6. The highest BCUT2D eigenvalue weighted by molar-refractivity contribution is 7.48. The third-order valence-electron chi connectivity index (χ3n) is 14.4. The van der Waals surface area contributed by atoms with Gasteiger partial charge < -0.3 is 47.7 Å². The van der Waals surface area contributed by atoms with Gasteiger partial charge in [0.05, 0.1) is 92.5 Å². The smallest absolute Gasteiger partial charge is 0.474 e. The Morgan fingerprint density at radius 2 is 1.45 bits per heavy atom. The van der Waals surface area contributed by atoms with Gasteiger partial charge in [-0.2, -0.15) is 10.2 Å². The molecule has 3 aromatic heterocycles. The summed E-state index contributed by atoms with van der Waals surface area (Å²) in [6.45, 7) is 5.48. The minimum atomic E-state index is -4.56. The largest absolute Gasteiger partial charge is 0.497 e. The van der Waals surface area contributed by atoms with Crippen molar-refractivity contribution < 1.29 is 80.3 Å². The molecule has 478 valence electrons. The third kappa shape index (κ3) is 16.5. The summed E-state index contributed by atoms with van der Waals surface area (Å²) in [5, 5.41) is 23.2. The van der Waals surface area contributed by atoms with E-state index in [1.54, 1.807) is 35.0 Å². The van der Waals surface area contributed by atoms with Crippen LogP contribution in [0.4, 0.5) is 5.95 Å². The summed E-state index contributed by atoms with van der Waals surface area (Å²) in [6, 6.07) is 26.4. The number of fused-ring (bicyclic) bond motifs is 1. The fraction of sp³-hybridized carbons (Fsp3) is 0.475. The number of hydrogen-bond donors (Lipinski definition) is 4. The number of carbonyl (C=O) groups excluding carboxylic acids is 3. The Hall–Kier alpha value is -7.98. The van der Waals surface area contributed by atoms with Crippen molar-refractivity contribution in [1.29, 1.82) is 5.26 Å². The number of hydrogen-bond acceptors (Lipinski definition) is 24. The molecule has 30 heteroatoms. The van der Waals surface area contributed by atoms with E-state index in [1.807, 2.05) is 89.8 Å². The van der Waals surface area contributed by atoms with Gasteiger partial charge in [-0.15, -0.1) is 0 Å². The SMILES string of the molecule is COc1ccc(C(OC[C@]2(CO)CN(CCOCCOCCOP(=O)(OCCC#N)OC[C@H]3O[C@@H](n4cnc5c(=O)[nH]c(NC(=O)C(C)C)nc54)[C@H](OC(C)=O)[C@@H]3OC(C)=O)C[C@H](n3cc(C)c(=O)[nH]c3=O)O2)(c2ccccc2)c2ccc(OC)cc2)cc1. The van der Waals surface area contributed by atoms with Gasteiger partial charge in [-0.25, -0.2) is 14.3 Å². The Labute approximate surface area is 510 Å². The molecule has 2 aliphatic heterocycles.